The number of fused-ring (bicyclic) bond motifs is 2. The van der Waals surface area contributed by atoms with Gasteiger partial charge in [0.25, 0.3) is 0 Å². The fourth-order valence-corrected chi connectivity index (χ4v) is 5.18. The molecule has 2 N–H and O–H groups in total. The third kappa shape index (κ3) is 2.72. The molecule has 0 unspecified atom stereocenters. The summed E-state index contributed by atoms with van der Waals surface area (Å²) in [7, 11) is -4.44. The third-order valence-electron chi connectivity index (χ3n) is 4.58. The molecule has 8 nitrogen and oxygen atoms in total. The van der Waals surface area contributed by atoms with Crippen LogP contribution in [0.4, 0.5) is 13.6 Å². The van der Waals surface area contributed by atoms with Crippen molar-refractivity contribution < 1.29 is 37.0 Å². The summed E-state index contributed by atoms with van der Waals surface area (Å²) in [6.07, 6.45) is -0.786. The summed E-state index contributed by atoms with van der Waals surface area (Å²) < 4.78 is 52.7. The van der Waals surface area contributed by atoms with Crippen molar-refractivity contribution in [3.8, 4) is 0 Å². The number of hydrogen-bond donors (Lipinski definition) is 2. The van der Waals surface area contributed by atoms with Crippen molar-refractivity contribution >= 4 is 22.1 Å². The maximum absolute atomic E-state index is 13.4. The first-order chi connectivity index (χ1) is 11.6. The summed E-state index contributed by atoms with van der Waals surface area (Å²) in [6, 6.07) is -1.38. The Morgan fingerprint density at radius 2 is 1.80 bits per heavy atom. The van der Waals surface area contributed by atoms with Gasteiger partial charge in [-0.25, -0.2) is 22.0 Å². The molecule has 136 valence electrons. The SMILES string of the molecule is O=C(O)[C@@H]1[C@@H]2CC[C@H](CN1S(=O)(=O)c1ccc(F)c(F)c1)N2C(=O)O. The van der Waals surface area contributed by atoms with E-state index in [-0.39, 0.29) is 13.0 Å². The van der Waals surface area contributed by atoms with Gasteiger partial charge in [0.2, 0.25) is 10.0 Å². The van der Waals surface area contributed by atoms with E-state index >= 15 is 0 Å². The predicted molar refractivity (Wildman–Crippen MR) is 78.3 cm³/mol. The number of carbonyl (C=O) groups is 2. The van der Waals surface area contributed by atoms with Gasteiger partial charge in [0, 0.05) is 12.6 Å². The predicted octanol–water partition coefficient (Wildman–Crippen LogP) is 0.933. The monoisotopic (exact) mass is 376 g/mol. The zero-order valence-electron chi connectivity index (χ0n) is 12.7. The van der Waals surface area contributed by atoms with E-state index in [1.54, 1.807) is 0 Å². The highest BCUT2D eigenvalue weighted by Gasteiger charge is 2.55. The molecule has 1 aromatic rings. The van der Waals surface area contributed by atoms with Gasteiger partial charge in [0.1, 0.15) is 6.04 Å². The molecular formula is C14H14F2N2O6S. The summed E-state index contributed by atoms with van der Waals surface area (Å²) >= 11 is 0. The molecule has 2 fully saturated rings. The normalized spacial score (nSPS) is 26.6. The highest BCUT2D eigenvalue weighted by molar-refractivity contribution is 7.89. The van der Waals surface area contributed by atoms with Crippen molar-refractivity contribution in [1.82, 2.24) is 9.21 Å². The molecule has 3 atom stereocenters. The Balaban J connectivity index is 2.05. The topological polar surface area (TPSA) is 115 Å². The van der Waals surface area contributed by atoms with Crippen molar-refractivity contribution in [3.63, 3.8) is 0 Å². The minimum atomic E-state index is -4.44. The first-order valence-electron chi connectivity index (χ1n) is 7.35. The number of rotatable bonds is 3. The molecule has 0 saturated carbocycles. The molecule has 2 saturated heterocycles. The van der Waals surface area contributed by atoms with Gasteiger partial charge >= 0.3 is 12.1 Å². The molecule has 1 amide bonds. The van der Waals surface area contributed by atoms with E-state index in [2.05, 4.69) is 0 Å². The summed E-state index contributed by atoms with van der Waals surface area (Å²) in [5, 5.41) is 18.7. The lowest BCUT2D eigenvalue weighted by Crippen LogP contribution is -2.64. The maximum Gasteiger partial charge on any atom is 0.407 e. The Hall–Kier alpha value is -2.27. The first-order valence-corrected chi connectivity index (χ1v) is 8.79. The van der Waals surface area contributed by atoms with Crippen LogP contribution in [-0.2, 0) is 14.8 Å². The average molecular weight is 376 g/mol. The minimum absolute atomic E-state index is 0.206. The number of benzene rings is 1. The fourth-order valence-electron chi connectivity index (χ4n) is 3.52. The largest absolute Gasteiger partial charge is 0.480 e. The molecule has 2 aliphatic heterocycles. The summed E-state index contributed by atoms with van der Waals surface area (Å²) in [4.78, 5) is 23.4. The highest BCUT2D eigenvalue weighted by atomic mass is 32.2. The van der Waals surface area contributed by atoms with E-state index in [4.69, 9.17) is 0 Å². The van der Waals surface area contributed by atoms with Gasteiger partial charge in [-0.1, -0.05) is 0 Å². The van der Waals surface area contributed by atoms with E-state index in [1.165, 1.54) is 0 Å². The van der Waals surface area contributed by atoms with Crippen LogP contribution in [0.1, 0.15) is 12.8 Å². The number of sulfonamides is 1. The van der Waals surface area contributed by atoms with Crippen molar-refractivity contribution in [2.75, 3.05) is 6.54 Å². The number of carboxylic acid groups (broad SMARTS) is 2. The minimum Gasteiger partial charge on any atom is -0.480 e. The van der Waals surface area contributed by atoms with Crippen molar-refractivity contribution in [3.05, 3.63) is 29.8 Å². The van der Waals surface area contributed by atoms with Gasteiger partial charge in [-0.3, -0.25) is 9.69 Å². The summed E-state index contributed by atoms with van der Waals surface area (Å²) in [6.45, 7) is -0.360. The fraction of sp³-hybridized carbons (Fsp3) is 0.429. The lowest BCUT2D eigenvalue weighted by atomic mass is 10.1. The standard InChI is InChI=1S/C14H14F2N2O6S/c15-9-3-2-8(5-10(9)16)25(23,24)17-6-7-1-4-11(12(17)13(19)20)18(7)14(21)22/h2-3,5,7,11-12H,1,4,6H2,(H,19,20)(H,21,22)/t7-,11+,12+/m1/s1. The second-order valence-corrected chi connectivity index (χ2v) is 7.81. The Labute approximate surface area is 141 Å². The quantitative estimate of drug-likeness (QED) is 0.811. The third-order valence-corrected chi connectivity index (χ3v) is 6.43. The average Bonchev–Trinajstić information content (AvgIpc) is 2.83. The van der Waals surface area contributed by atoms with Crippen LogP contribution in [-0.4, -0.2) is 64.6 Å². The molecule has 2 heterocycles. The lowest BCUT2D eigenvalue weighted by molar-refractivity contribution is -0.144. The van der Waals surface area contributed by atoms with E-state index in [1.807, 2.05) is 0 Å². The maximum atomic E-state index is 13.4. The van der Waals surface area contributed by atoms with Gasteiger partial charge in [0.05, 0.1) is 10.9 Å². The summed E-state index contributed by atoms with van der Waals surface area (Å²) in [5.41, 5.74) is 0. The van der Waals surface area contributed by atoms with Gasteiger partial charge in [0.15, 0.2) is 11.6 Å². The van der Waals surface area contributed by atoms with Crippen LogP contribution >= 0.6 is 0 Å². The Kier molecular flexibility index (Phi) is 4.15. The number of nitrogens with zero attached hydrogens (tertiary/aromatic N) is 2. The van der Waals surface area contributed by atoms with Crippen molar-refractivity contribution in [1.29, 1.82) is 0 Å². The molecular weight excluding hydrogens is 362 g/mol. The second kappa shape index (κ2) is 5.92. The van der Waals surface area contributed by atoms with Crippen molar-refractivity contribution in [2.24, 2.45) is 0 Å². The van der Waals surface area contributed by atoms with Gasteiger partial charge < -0.3 is 10.2 Å². The van der Waals surface area contributed by atoms with Gasteiger partial charge in [-0.2, -0.15) is 4.31 Å². The van der Waals surface area contributed by atoms with E-state index in [0.29, 0.717) is 22.9 Å². The highest BCUT2D eigenvalue weighted by Crippen LogP contribution is 2.37. The van der Waals surface area contributed by atoms with Gasteiger partial charge in [-0.05, 0) is 31.0 Å². The first kappa shape index (κ1) is 17.5. The summed E-state index contributed by atoms with van der Waals surface area (Å²) in [5.74, 6) is -4.10. The van der Waals surface area contributed by atoms with Crippen LogP contribution in [0.25, 0.3) is 0 Å². The van der Waals surface area contributed by atoms with Crippen LogP contribution in [0, 0.1) is 11.6 Å². The number of hydrogen-bond acceptors (Lipinski definition) is 4. The number of piperazine rings is 1. The van der Waals surface area contributed by atoms with E-state index < -0.39 is 56.7 Å². The second-order valence-electron chi connectivity index (χ2n) is 5.92. The Morgan fingerprint density at radius 3 is 2.36 bits per heavy atom. The van der Waals surface area contributed by atoms with Crippen molar-refractivity contribution in [2.45, 2.75) is 35.9 Å². The number of halogens is 2. The molecule has 0 spiro atoms. The Bertz CT molecular complexity index is 846. The lowest BCUT2D eigenvalue weighted by Gasteiger charge is -2.42. The van der Waals surface area contributed by atoms with Crippen LogP contribution in [0.5, 0.6) is 0 Å². The zero-order chi connectivity index (χ0) is 18.5. The molecule has 3 rings (SSSR count). The molecule has 11 heteroatoms. The van der Waals surface area contributed by atoms with E-state index in [0.717, 1.165) is 11.0 Å². The van der Waals surface area contributed by atoms with Crippen LogP contribution in [0.3, 0.4) is 0 Å². The van der Waals surface area contributed by atoms with Crippen LogP contribution < -0.4 is 0 Å². The number of aliphatic carboxylic acids is 1. The molecule has 0 aromatic heterocycles. The molecule has 1 aromatic carbocycles. The van der Waals surface area contributed by atoms with Gasteiger partial charge in [-0.15, -0.1) is 0 Å². The van der Waals surface area contributed by atoms with Crippen LogP contribution in [0.15, 0.2) is 23.1 Å². The molecule has 25 heavy (non-hydrogen) atoms. The molecule has 0 radical (unpaired) electrons. The molecule has 0 aliphatic carbocycles. The molecule has 2 aliphatic rings. The van der Waals surface area contributed by atoms with Crippen LogP contribution in [0.2, 0.25) is 0 Å². The molecule has 2 bridgehead atoms. The van der Waals surface area contributed by atoms with E-state index in [9.17, 15) is 37.0 Å². The zero-order valence-corrected chi connectivity index (χ0v) is 13.5. The number of carboxylic acids is 1. The Morgan fingerprint density at radius 1 is 1.12 bits per heavy atom. The smallest absolute Gasteiger partial charge is 0.407 e. The number of amides is 1.